The zero-order chi connectivity index (χ0) is 36.6. The van der Waals surface area contributed by atoms with Gasteiger partial charge in [-0.1, -0.05) is 30.3 Å². The lowest BCUT2D eigenvalue weighted by atomic mass is 9.98. The summed E-state index contributed by atoms with van der Waals surface area (Å²) in [5, 5.41) is 9.50. The summed E-state index contributed by atoms with van der Waals surface area (Å²) in [5.74, 6) is -4.10. The van der Waals surface area contributed by atoms with Crippen molar-refractivity contribution in [1.29, 1.82) is 5.26 Å². The monoisotopic (exact) mass is 715 g/mol. The molecule has 1 N–H and O–H groups in total. The Morgan fingerprint density at radius 3 is 2.27 bits per heavy atom. The van der Waals surface area contributed by atoms with E-state index in [9.17, 15) is 54.4 Å². The number of halogens is 6. The number of amides is 1. The molecule has 0 bridgehead atoms. The molecule has 4 rings (SSSR count). The fraction of sp³-hybridized carbons (Fsp3) is 0.333. The van der Waals surface area contributed by atoms with Gasteiger partial charge in [0.05, 0.1) is 40.7 Å². The number of nitrogens with one attached hydrogen (secondary N) is 1. The van der Waals surface area contributed by atoms with Gasteiger partial charge >= 0.3 is 24.2 Å². The van der Waals surface area contributed by atoms with Crippen molar-refractivity contribution in [1.82, 2.24) is 14.7 Å². The normalized spacial score (nSPS) is 13.9. The first-order chi connectivity index (χ1) is 22.9. The summed E-state index contributed by atoms with van der Waals surface area (Å²) in [7, 11) is -3.88. The molecular weight excluding hydrogens is 688 g/mol. The number of hydrogen-bond donors (Lipinski definition) is 1. The van der Waals surface area contributed by atoms with Crippen molar-refractivity contribution in [3.05, 3.63) is 88.9 Å². The van der Waals surface area contributed by atoms with Gasteiger partial charge in [0.15, 0.2) is 0 Å². The molecule has 3 heterocycles. The van der Waals surface area contributed by atoms with E-state index in [-0.39, 0.29) is 48.1 Å². The van der Waals surface area contributed by atoms with Crippen LogP contribution in [-0.4, -0.2) is 68.2 Å². The number of carbonyl (C=O) groups is 3. The summed E-state index contributed by atoms with van der Waals surface area (Å²) in [6.07, 6.45) is -11.0. The van der Waals surface area contributed by atoms with Gasteiger partial charge in [0.2, 0.25) is 15.9 Å². The largest absolute Gasteiger partial charge is 0.501 e. The molecule has 1 atom stereocenters. The number of carbonyl (C=O) groups excluding carboxylic acids is 3. The maximum atomic E-state index is 14.2. The molecule has 0 radical (unpaired) electrons. The van der Waals surface area contributed by atoms with E-state index in [0.717, 1.165) is 12.3 Å². The second-order valence-electron chi connectivity index (χ2n) is 10.2. The first-order valence-corrected chi connectivity index (χ1v) is 15.7. The number of ether oxygens (including phenoxy) is 2. The lowest BCUT2D eigenvalue weighted by Crippen LogP contribution is -2.55. The van der Waals surface area contributed by atoms with Crippen molar-refractivity contribution in [3.8, 4) is 6.07 Å². The van der Waals surface area contributed by atoms with Gasteiger partial charge in [0, 0.05) is 25.5 Å². The molecule has 1 aliphatic rings. The molecule has 2 aromatic heterocycles. The van der Waals surface area contributed by atoms with E-state index in [4.69, 9.17) is 4.74 Å². The van der Waals surface area contributed by atoms with Crippen molar-refractivity contribution in [2.75, 3.05) is 24.6 Å². The molecule has 262 valence electrons. The quantitative estimate of drug-likeness (QED) is 0.229. The minimum atomic E-state index is -5.94. The fourth-order valence-corrected chi connectivity index (χ4v) is 5.29. The van der Waals surface area contributed by atoms with Crippen LogP contribution in [-0.2, 0) is 30.0 Å². The molecule has 1 amide bonds. The lowest BCUT2D eigenvalue weighted by Gasteiger charge is -2.39. The maximum absolute atomic E-state index is 14.2. The molecular formula is C30H27F6N5O7S. The van der Waals surface area contributed by atoms with E-state index in [1.54, 1.807) is 42.2 Å². The number of sulfonamides is 1. The average molecular weight is 716 g/mol. The van der Waals surface area contributed by atoms with E-state index in [1.807, 2.05) is 6.07 Å². The van der Waals surface area contributed by atoms with Crippen LogP contribution in [0.4, 0.5) is 32.2 Å². The van der Waals surface area contributed by atoms with Crippen LogP contribution in [0, 0.1) is 17.2 Å². The predicted molar refractivity (Wildman–Crippen MR) is 158 cm³/mol. The average Bonchev–Trinajstić information content (AvgIpc) is 3.00. The minimum Gasteiger partial charge on any atom is -0.462 e. The van der Waals surface area contributed by atoms with Crippen LogP contribution in [0.5, 0.6) is 0 Å². The van der Waals surface area contributed by atoms with Crippen LogP contribution < -0.4 is 9.62 Å². The van der Waals surface area contributed by atoms with Crippen LogP contribution in [0.2, 0.25) is 0 Å². The van der Waals surface area contributed by atoms with Crippen LogP contribution in [0.3, 0.4) is 0 Å². The Morgan fingerprint density at radius 1 is 1.08 bits per heavy atom. The molecule has 1 unspecified atom stereocenters. The number of nitriles is 1. The first kappa shape index (κ1) is 38.2. The zero-order valence-electron chi connectivity index (χ0n) is 25.6. The van der Waals surface area contributed by atoms with Gasteiger partial charge in [-0.25, -0.2) is 27.4 Å². The molecule has 1 aliphatic heterocycles. The Hall–Kier alpha value is -5.25. The minimum absolute atomic E-state index is 0.0259. The van der Waals surface area contributed by atoms with Gasteiger partial charge in [-0.05, 0) is 37.6 Å². The smallest absolute Gasteiger partial charge is 0.462 e. The molecule has 19 heteroatoms. The molecule has 0 aliphatic carbocycles. The van der Waals surface area contributed by atoms with Crippen LogP contribution in [0.25, 0.3) is 0 Å². The van der Waals surface area contributed by atoms with Gasteiger partial charge in [0.1, 0.15) is 18.1 Å². The summed E-state index contributed by atoms with van der Waals surface area (Å²) in [6.45, 7) is 3.08. The zero-order valence-corrected chi connectivity index (χ0v) is 26.4. The highest BCUT2D eigenvalue weighted by Crippen LogP contribution is 2.37. The number of esters is 2. The van der Waals surface area contributed by atoms with Gasteiger partial charge in [-0.3, -0.25) is 14.5 Å². The first-order valence-electron chi connectivity index (χ1n) is 14.1. The van der Waals surface area contributed by atoms with E-state index in [2.05, 4.69) is 19.4 Å². The third-order valence-corrected chi connectivity index (χ3v) is 7.71. The third kappa shape index (κ3) is 10.1. The molecule has 12 nitrogen and oxygen atoms in total. The predicted octanol–water partition coefficient (Wildman–Crippen LogP) is 4.64. The van der Waals surface area contributed by atoms with Gasteiger partial charge < -0.3 is 14.4 Å². The summed E-state index contributed by atoms with van der Waals surface area (Å²) < 4.78 is 108. The van der Waals surface area contributed by atoms with Gasteiger partial charge in [0.25, 0.3) is 0 Å². The third-order valence-electron chi connectivity index (χ3n) is 6.48. The molecule has 0 saturated carbocycles. The molecule has 1 aromatic carbocycles. The molecule has 1 saturated heterocycles. The number of alkyl halides is 6. The van der Waals surface area contributed by atoms with Gasteiger partial charge in [-0.2, -0.15) is 27.2 Å². The number of aromatic nitrogens is 2. The van der Waals surface area contributed by atoms with E-state index < -0.39 is 57.8 Å². The summed E-state index contributed by atoms with van der Waals surface area (Å²) in [6, 6.07) is 13.8. The fourth-order valence-electron chi connectivity index (χ4n) is 4.12. The maximum Gasteiger partial charge on any atom is 0.501 e. The SMILES string of the molecule is CCOC(=O)c1cc(C#N)c(N2CC(C(=O)NS(=O)(=O)Cc3ccccc3)C2)nc1C(C)F.O=C(OC(F)(F)C(F)(F)F)c1cccnc1. The molecule has 1 fully saturated rings. The standard InChI is InChI=1S/C22H23FN4O5S.C8H4F5NO2/c1-3-32-22(29)18-9-16(10-24)20(25-19(18)14(2)23)27-11-17(12-27)21(28)26-33(30,31)13-15-7-5-4-6-8-15;9-7(10,11)8(12,13)16-6(15)5-2-1-3-14-4-5/h4-9,14,17H,3,11-13H2,1-2H3,(H,26,28);1-4H. The summed E-state index contributed by atoms with van der Waals surface area (Å²) in [4.78, 5) is 44.5. The van der Waals surface area contributed by atoms with Crippen molar-refractivity contribution in [3.63, 3.8) is 0 Å². The number of anilines is 1. The van der Waals surface area contributed by atoms with E-state index in [1.165, 1.54) is 25.3 Å². The highest BCUT2D eigenvalue weighted by Gasteiger charge is 2.62. The highest BCUT2D eigenvalue weighted by atomic mass is 32.2. The number of benzene rings is 1. The Bertz CT molecular complexity index is 1800. The lowest BCUT2D eigenvalue weighted by molar-refractivity contribution is -0.370. The van der Waals surface area contributed by atoms with Crippen molar-refractivity contribution in [2.45, 2.75) is 38.1 Å². The summed E-state index contributed by atoms with van der Waals surface area (Å²) in [5.41, 5.74) is -0.218. The number of pyridine rings is 2. The van der Waals surface area contributed by atoms with Crippen LogP contribution >= 0.6 is 0 Å². The topological polar surface area (TPSA) is 169 Å². The number of rotatable bonds is 10. The van der Waals surface area contributed by atoms with Crippen LogP contribution in [0.1, 0.15) is 57.6 Å². The highest BCUT2D eigenvalue weighted by molar-refractivity contribution is 7.89. The van der Waals surface area contributed by atoms with E-state index >= 15 is 0 Å². The van der Waals surface area contributed by atoms with Crippen LogP contribution in [0.15, 0.2) is 60.9 Å². The molecule has 49 heavy (non-hydrogen) atoms. The second-order valence-corrected chi connectivity index (χ2v) is 11.9. The summed E-state index contributed by atoms with van der Waals surface area (Å²) >= 11 is 0. The Labute approximate surface area is 275 Å². The van der Waals surface area contributed by atoms with Crippen molar-refractivity contribution in [2.24, 2.45) is 5.92 Å². The Kier molecular flexibility index (Phi) is 12.3. The number of nitrogens with zero attached hydrogens (tertiary/aromatic N) is 4. The Morgan fingerprint density at radius 2 is 1.73 bits per heavy atom. The van der Waals surface area contributed by atoms with Crippen molar-refractivity contribution >= 4 is 33.7 Å². The van der Waals surface area contributed by atoms with Gasteiger partial charge in [-0.15, -0.1) is 0 Å². The molecule has 3 aromatic rings. The Balaban J connectivity index is 0.000000341. The van der Waals surface area contributed by atoms with Crippen molar-refractivity contribution < 1.29 is 58.6 Å². The number of hydrogen-bond acceptors (Lipinski definition) is 11. The molecule has 0 spiro atoms. The van der Waals surface area contributed by atoms with E-state index in [0.29, 0.717) is 5.56 Å². The second kappa shape index (κ2) is 15.8.